The van der Waals surface area contributed by atoms with E-state index in [4.69, 9.17) is 0 Å². The molecule has 1 amide bonds. The van der Waals surface area contributed by atoms with E-state index in [1.807, 2.05) is 36.3 Å². The van der Waals surface area contributed by atoms with E-state index in [0.717, 1.165) is 37.1 Å². The van der Waals surface area contributed by atoms with E-state index in [9.17, 15) is 4.79 Å². The van der Waals surface area contributed by atoms with Gasteiger partial charge in [0.05, 0.1) is 17.4 Å². The van der Waals surface area contributed by atoms with Gasteiger partial charge in [-0.1, -0.05) is 13.8 Å². The summed E-state index contributed by atoms with van der Waals surface area (Å²) in [6, 6.07) is 1.98. The standard InChI is InChI=1S/C19H29N5O/c1-6-24-17(11-14(22-24)10-12(2)3)19(25)20-15-8-7-9-16-18(15)13(4)21-23(16)5/h11-12,15H,6-10H2,1-5H3,(H,20,25). The van der Waals surface area contributed by atoms with Crippen LogP contribution in [0.4, 0.5) is 0 Å². The second-order valence-corrected chi connectivity index (χ2v) is 7.42. The molecule has 0 aliphatic heterocycles. The Morgan fingerprint density at radius 2 is 2.16 bits per heavy atom. The lowest BCUT2D eigenvalue weighted by atomic mass is 9.91. The molecule has 0 saturated heterocycles. The molecule has 0 fully saturated rings. The fraction of sp³-hybridized carbons (Fsp3) is 0.632. The third-order valence-corrected chi connectivity index (χ3v) is 4.93. The third kappa shape index (κ3) is 3.48. The molecule has 3 rings (SSSR count). The SMILES string of the molecule is CCn1nc(CC(C)C)cc1C(=O)NC1CCCc2c1c(C)nn2C. The van der Waals surface area contributed by atoms with E-state index in [1.54, 1.807) is 0 Å². The molecule has 2 aromatic heterocycles. The van der Waals surface area contributed by atoms with Crippen LogP contribution in [-0.4, -0.2) is 25.5 Å². The van der Waals surface area contributed by atoms with Crippen LogP contribution in [0.15, 0.2) is 6.07 Å². The summed E-state index contributed by atoms with van der Waals surface area (Å²) in [6.45, 7) is 9.08. The molecule has 0 saturated carbocycles. The summed E-state index contributed by atoms with van der Waals surface area (Å²) in [5.41, 5.74) is 5.12. The number of aryl methyl sites for hydroxylation is 3. The molecule has 25 heavy (non-hydrogen) atoms. The van der Waals surface area contributed by atoms with Crippen molar-refractivity contribution >= 4 is 5.91 Å². The van der Waals surface area contributed by atoms with Crippen molar-refractivity contribution in [2.24, 2.45) is 13.0 Å². The van der Waals surface area contributed by atoms with E-state index in [-0.39, 0.29) is 11.9 Å². The van der Waals surface area contributed by atoms with Gasteiger partial charge < -0.3 is 5.32 Å². The minimum absolute atomic E-state index is 0.0366. The lowest BCUT2D eigenvalue weighted by molar-refractivity contribution is 0.0921. The molecule has 136 valence electrons. The third-order valence-electron chi connectivity index (χ3n) is 4.93. The quantitative estimate of drug-likeness (QED) is 0.908. The van der Waals surface area contributed by atoms with Gasteiger partial charge in [-0.15, -0.1) is 0 Å². The highest BCUT2D eigenvalue weighted by Crippen LogP contribution is 2.32. The molecular weight excluding hydrogens is 314 g/mol. The summed E-state index contributed by atoms with van der Waals surface area (Å²) in [6.07, 6.45) is 3.96. The lowest BCUT2D eigenvalue weighted by Gasteiger charge is -2.24. The molecule has 2 aromatic rings. The molecule has 1 aliphatic carbocycles. The molecular formula is C19H29N5O. The number of nitrogens with zero attached hydrogens (tertiary/aromatic N) is 4. The van der Waals surface area contributed by atoms with Crippen LogP contribution in [0.3, 0.4) is 0 Å². The number of aromatic nitrogens is 4. The van der Waals surface area contributed by atoms with E-state index in [1.165, 1.54) is 11.3 Å². The first-order chi connectivity index (χ1) is 11.9. The first kappa shape index (κ1) is 17.7. The van der Waals surface area contributed by atoms with Crippen LogP contribution < -0.4 is 5.32 Å². The van der Waals surface area contributed by atoms with Crippen molar-refractivity contribution in [3.05, 3.63) is 34.4 Å². The maximum Gasteiger partial charge on any atom is 0.270 e. The molecule has 1 aliphatic rings. The van der Waals surface area contributed by atoms with E-state index < -0.39 is 0 Å². The van der Waals surface area contributed by atoms with Crippen molar-refractivity contribution in [2.45, 2.75) is 66.0 Å². The van der Waals surface area contributed by atoms with Gasteiger partial charge in [0.2, 0.25) is 0 Å². The molecule has 1 unspecified atom stereocenters. The minimum Gasteiger partial charge on any atom is -0.344 e. The van der Waals surface area contributed by atoms with Crippen LogP contribution >= 0.6 is 0 Å². The summed E-state index contributed by atoms with van der Waals surface area (Å²) < 4.78 is 3.77. The van der Waals surface area contributed by atoms with Crippen LogP contribution in [-0.2, 0) is 26.4 Å². The molecule has 1 atom stereocenters. The normalized spacial score (nSPS) is 17.0. The van der Waals surface area contributed by atoms with Gasteiger partial charge in [0.1, 0.15) is 5.69 Å². The van der Waals surface area contributed by atoms with Crippen LogP contribution in [0.2, 0.25) is 0 Å². The van der Waals surface area contributed by atoms with Crippen molar-refractivity contribution in [3.63, 3.8) is 0 Å². The van der Waals surface area contributed by atoms with Gasteiger partial charge >= 0.3 is 0 Å². The zero-order chi connectivity index (χ0) is 18.1. The Labute approximate surface area is 149 Å². The summed E-state index contributed by atoms with van der Waals surface area (Å²) in [5.74, 6) is 0.487. The maximum absolute atomic E-state index is 12.9. The zero-order valence-corrected chi connectivity index (χ0v) is 16.0. The van der Waals surface area contributed by atoms with E-state index in [2.05, 4.69) is 29.4 Å². The maximum atomic E-state index is 12.9. The average Bonchev–Trinajstić information content (AvgIpc) is 3.08. The Bertz CT molecular complexity index is 771. The molecule has 0 radical (unpaired) electrons. The average molecular weight is 343 g/mol. The monoisotopic (exact) mass is 343 g/mol. The molecule has 6 nitrogen and oxygen atoms in total. The van der Waals surface area contributed by atoms with E-state index >= 15 is 0 Å². The highest BCUT2D eigenvalue weighted by atomic mass is 16.2. The van der Waals surface area contributed by atoms with Crippen molar-refractivity contribution in [1.82, 2.24) is 24.9 Å². The number of fused-ring (bicyclic) bond motifs is 1. The van der Waals surface area contributed by atoms with Gasteiger partial charge in [-0.25, -0.2) is 0 Å². The highest BCUT2D eigenvalue weighted by molar-refractivity contribution is 5.93. The number of hydrogen-bond donors (Lipinski definition) is 1. The molecule has 6 heteroatoms. The summed E-state index contributed by atoms with van der Waals surface area (Å²) >= 11 is 0. The molecule has 2 heterocycles. The largest absolute Gasteiger partial charge is 0.344 e. The lowest BCUT2D eigenvalue weighted by Crippen LogP contribution is -2.32. The van der Waals surface area contributed by atoms with Gasteiger partial charge in [-0.2, -0.15) is 10.2 Å². The smallest absolute Gasteiger partial charge is 0.270 e. The van der Waals surface area contributed by atoms with Crippen molar-refractivity contribution in [3.8, 4) is 0 Å². The Hall–Kier alpha value is -2.11. The Kier molecular flexibility index (Phi) is 4.97. The first-order valence-electron chi connectivity index (χ1n) is 9.30. The second kappa shape index (κ2) is 7.02. The number of hydrogen-bond acceptors (Lipinski definition) is 3. The fourth-order valence-electron chi connectivity index (χ4n) is 3.88. The highest BCUT2D eigenvalue weighted by Gasteiger charge is 2.28. The number of rotatable bonds is 5. The first-order valence-corrected chi connectivity index (χ1v) is 9.30. The minimum atomic E-state index is -0.0366. The molecule has 0 spiro atoms. The van der Waals surface area contributed by atoms with Crippen molar-refractivity contribution in [2.75, 3.05) is 0 Å². The Morgan fingerprint density at radius 1 is 1.40 bits per heavy atom. The van der Waals surface area contributed by atoms with Gasteiger partial charge in [0.25, 0.3) is 5.91 Å². The van der Waals surface area contributed by atoms with Crippen LogP contribution in [0.5, 0.6) is 0 Å². The summed E-state index contributed by atoms with van der Waals surface area (Å²) in [5, 5.41) is 12.4. The zero-order valence-electron chi connectivity index (χ0n) is 16.0. The van der Waals surface area contributed by atoms with Crippen molar-refractivity contribution < 1.29 is 4.79 Å². The topological polar surface area (TPSA) is 64.7 Å². The van der Waals surface area contributed by atoms with Gasteiger partial charge in [-0.05, 0) is 51.5 Å². The summed E-state index contributed by atoms with van der Waals surface area (Å²) in [7, 11) is 1.99. The Morgan fingerprint density at radius 3 is 2.84 bits per heavy atom. The fourth-order valence-corrected chi connectivity index (χ4v) is 3.88. The van der Waals surface area contributed by atoms with Gasteiger partial charge in [0, 0.05) is 24.8 Å². The molecule has 0 aromatic carbocycles. The molecule has 1 N–H and O–H groups in total. The van der Waals surface area contributed by atoms with E-state index in [0.29, 0.717) is 18.2 Å². The number of carbonyl (C=O) groups excluding carboxylic acids is 1. The van der Waals surface area contributed by atoms with Gasteiger partial charge in [0.15, 0.2) is 0 Å². The van der Waals surface area contributed by atoms with Crippen LogP contribution in [0, 0.1) is 12.8 Å². The van der Waals surface area contributed by atoms with Crippen LogP contribution in [0.25, 0.3) is 0 Å². The predicted octanol–water partition coefficient (Wildman–Crippen LogP) is 2.95. The summed E-state index contributed by atoms with van der Waals surface area (Å²) in [4.78, 5) is 12.9. The predicted molar refractivity (Wildman–Crippen MR) is 97.5 cm³/mol. The second-order valence-electron chi connectivity index (χ2n) is 7.42. The van der Waals surface area contributed by atoms with Crippen molar-refractivity contribution in [1.29, 1.82) is 0 Å². The number of nitrogens with one attached hydrogen (secondary N) is 1. The van der Waals surface area contributed by atoms with Crippen LogP contribution in [0.1, 0.15) is 72.8 Å². The molecule has 0 bridgehead atoms. The number of amides is 1. The van der Waals surface area contributed by atoms with Gasteiger partial charge in [-0.3, -0.25) is 14.2 Å². The number of carbonyl (C=O) groups is 1. The Balaban J connectivity index is 1.83.